The number of aromatic nitrogens is 2. The highest BCUT2D eigenvalue weighted by atomic mass is 16.5. The molecule has 4 nitrogen and oxygen atoms in total. The molecule has 0 spiro atoms. The van der Waals surface area contributed by atoms with E-state index < -0.39 is 0 Å². The molecule has 4 heteroatoms. The third-order valence-corrected chi connectivity index (χ3v) is 4.35. The zero-order valence-corrected chi connectivity index (χ0v) is 14.5. The fraction of sp³-hybridized carbons (Fsp3) is 0.474. The summed E-state index contributed by atoms with van der Waals surface area (Å²) < 4.78 is 7.27. The van der Waals surface area contributed by atoms with Crippen LogP contribution in [0.15, 0.2) is 30.6 Å². The van der Waals surface area contributed by atoms with Gasteiger partial charge in [0.1, 0.15) is 5.82 Å². The minimum absolute atomic E-state index is 0.147. The van der Waals surface area contributed by atoms with Gasteiger partial charge in [0.2, 0.25) is 0 Å². The summed E-state index contributed by atoms with van der Waals surface area (Å²) >= 11 is 0. The van der Waals surface area contributed by atoms with Crippen molar-refractivity contribution in [2.75, 3.05) is 0 Å². The lowest BCUT2D eigenvalue weighted by Crippen LogP contribution is -2.14. The summed E-state index contributed by atoms with van der Waals surface area (Å²) in [6, 6.07) is 6.33. The van der Waals surface area contributed by atoms with Crippen molar-refractivity contribution in [1.29, 1.82) is 0 Å². The second kappa shape index (κ2) is 7.95. The van der Waals surface area contributed by atoms with Gasteiger partial charge in [0.15, 0.2) is 6.73 Å². The number of hydrogen-bond donors (Lipinski definition) is 0. The molecule has 1 heterocycles. The molecule has 1 aromatic carbocycles. The van der Waals surface area contributed by atoms with Crippen LogP contribution in [-0.4, -0.2) is 15.5 Å². The number of unbranched alkanes of at least 4 members (excludes halogenated alkanes) is 1. The number of imidazole rings is 1. The van der Waals surface area contributed by atoms with Crippen LogP contribution in [-0.2, 0) is 16.3 Å². The van der Waals surface area contributed by atoms with Crippen LogP contribution in [0.25, 0.3) is 0 Å². The van der Waals surface area contributed by atoms with E-state index in [-0.39, 0.29) is 18.6 Å². The van der Waals surface area contributed by atoms with Crippen LogP contribution in [0, 0.1) is 13.8 Å². The first-order chi connectivity index (χ1) is 11.0. The van der Waals surface area contributed by atoms with Crippen molar-refractivity contribution in [2.24, 2.45) is 0 Å². The van der Waals surface area contributed by atoms with Gasteiger partial charge in [0.25, 0.3) is 0 Å². The summed E-state index contributed by atoms with van der Waals surface area (Å²) in [5, 5.41) is 0. The predicted octanol–water partition coefficient (Wildman–Crippen LogP) is 4.34. The van der Waals surface area contributed by atoms with E-state index in [9.17, 15) is 4.79 Å². The number of aryl methyl sites for hydroxylation is 1. The molecule has 1 unspecified atom stereocenters. The molecule has 0 bridgehead atoms. The highest BCUT2D eigenvalue weighted by molar-refractivity contribution is 5.69. The molecular weight excluding hydrogens is 288 g/mol. The van der Waals surface area contributed by atoms with Gasteiger partial charge in [-0.2, -0.15) is 0 Å². The van der Waals surface area contributed by atoms with Gasteiger partial charge < -0.3 is 9.30 Å². The SMILES string of the molecule is CCCCC(=O)OCn1ccnc1C(C)c1cccc(C)c1C. The van der Waals surface area contributed by atoms with Gasteiger partial charge in [-0.3, -0.25) is 4.79 Å². The molecule has 0 radical (unpaired) electrons. The summed E-state index contributed by atoms with van der Waals surface area (Å²) in [6.45, 7) is 8.69. The Morgan fingerprint density at radius 3 is 2.87 bits per heavy atom. The summed E-state index contributed by atoms with van der Waals surface area (Å²) in [5.41, 5.74) is 3.82. The smallest absolute Gasteiger partial charge is 0.307 e. The molecule has 0 amide bonds. The van der Waals surface area contributed by atoms with E-state index in [1.807, 2.05) is 10.8 Å². The Kier molecular flexibility index (Phi) is 5.97. The fourth-order valence-electron chi connectivity index (χ4n) is 2.73. The van der Waals surface area contributed by atoms with Gasteiger partial charge in [-0.15, -0.1) is 0 Å². The standard InChI is InChI=1S/C19H26N2O2/c1-5-6-10-18(22)23-13-21-12-11-20-19(21)16(4)17-9-7-8-14(2)15(17)3/h7-9,11-12,16H,5-6,10,13H2,1-4H3. The van der Waals surface area contributed by atoms with Crippen molar-refractivity contribution in [3.05, 3.63) is 53.1 Å². The zero-order chi connectivity index (χ0) is 16.8. The van der Waals surface area contributed by atoms with Gasteiger partial charge in [0, 0.05) is 24.7 Å². The van der Waals surface area contributed by atoms with E-state index in [0.29, 0.717) is 6.42 Å². The fourth-order valence-corrected chi connectivity index (χ4v) is 2.73. The molecule has 0 aliphatic carbocycles. The Hall–Kier alpha value is -2.10. The van der Waals surface area contributed by atoms with E-state index in [1.165, 1.54) is 16.7 Å². The number of hydrogen-bond acceptors (Lipinski definition) is 3. The monoisotopic (exact) mass is 314 g/mol. The predicted molar refractivity (Wildman–Crippen MR) is 91.3 cm³/mol. The molecule has 124 valence electrons. The maximum Gasteiger partial charge on any atom is 0.307 e. The van der Waals surface area contributed by atoms with Crippen LogP contribution in [0.5, 0.6) is 0 Å². The molecule has 0 aliphatic heterocycles. The average Bonchev–Trinajstić information content (AvgIpc) is 3.01. The van der Waals surface area contributed by atoms with Crippen molar-refractivity contribution >= 4 is 5.97 Å². The maximum atomic E-state index is 11.7. The van der Waals surface area contributed by atoms with Gasteiger partial charge in [-0.1, -0.05) is 38.5 Å². The molecule has 23 heavy (non-hydrogen) atoms. The van der Waals surface area contributed by atoms with Gasteiger partial charge in [-0.25, -0.2) is 4.98 Å². The molecule has 0 fully saturated rings. The minimum atomic E-state index is -0.147. The number of ether oxygens (including phenoxy) is 1. The van der Waals surface area contributed by atoms with Gasteiger partial charge in [-0.05, 0) is 37.0 Å². The molecule has 0 saturated carbocycles. The highest BCUT2D eigenvalue weighted by Crippen LogP contribution is 2.27. The summed E-state index contributed by atoms with van der Waals surface area (Å²) in [7, 11) is 0. The second-order valence-electron chi connectivity index (χ2n) is 6.02. The summed E-state index contributed by atoms with van der Waals surface area (Å²) in [4.78, 5) is 16.2. The summed E-state index contributed by atoms with van der Waals surface area (Å²) in [6.07, 6.45) is 5.97. The van der Waals surface area contributed by atoms with E-state index >= 15 is 0 Å². The third kappa shape index (κ3) is 4.21. The highest BCUT2D eigenvalue weighted by Gasteiger charge is 2.17. The molecule has 0 N–H and O–H groups in total. The Morgan fingerprint density at radius 1 is 1.35 bits per heavy atom. The number of nitrogens with zero attached hydrogens (tertiary/aromatic N) is 2. The number of carbonyl (C=O) groups excluding carboxylic acids is 1. The van der Waals surface area contributed by atoms with Crippen LogP contribution < -0.4 is 0 Å². The van der Waals surface area contributed by atoms with E-state index in [4.69, 9.17) is 4.74 Å². The first-order valence-electron chi connectivity index (χ1n) is 8.27. The molecule has 1 aromatic heterocycles. The van der Waals surface area contributed by atoms with Gasteiger partial charge in [0.05, 0.1) is 0 Å². The van der Waals surface area contributed by atoms with Crippen molar-refractivity contribution in [1.82, 2.24) is 9.55 Å². The molecular formula is C19H26N2O2. The Morgan fingerprint density at radius 2 is 2.13 bits per heavy atom. The largest absolute Gasteiger partial charge is 0.444 e. The molecule has 0 saturated heterocycles. The third-order valence-electron chi connectivity index (χ3n) is 4.35. The number of benzene rings is 1. The van der Waals surface area contributed by atoms with E-state index in [1.54, 1.807) is 6.20 Å². The Labute approximate surface area is 138 Å². The summed E-state index contributed by atoms with van der Waals surface area (Å²) in [5.74, 6) is 0.923. The first kappa shape index (κ1) is 17.3. The molecule has 0 aliphatic rings. The van der Waals surface area contributed by atoms with Crippen LogP contribution in [0.4, 0.5) is 0 Å². The van der Waals surface area contributed by atoms with Crippen molar-refractivity contribution in [2.45, 2.75) is 59.6 Å². The number of rotatable bonds is 7. The minimum Gasteiger partial charge on any atom is -0.444 e. The number of carbonyl (C=O) groups is 1. The first-order valence-corrected chi connectivity index (χ1v) is 8.27. The van der Waals surface area contributed by atoms with Crippen molar-refractivity contribution < 1.29 is 9.53 Å². The maximum absolute atomic E-state index is 11.7. The lowest BCUT2D eigenvalue weighted by molar-refractivity contribution is -0.147. The van der Waals surface area contributed by atoms with Crippen LogP contribution in [0.3, 0.4) is 0 Å². The van der Waals surface area contributed by atoms with Crippen LogP contribution in [0.1, 0.15) is 61.5 Å². The van der Waals surface area contributed by atoms with Crippen molar-refractivity contribution in [3.63, 3.8) is 0 Å². The normalized spacial score (nSPS) is 12.2. The Balaban J connectivity index is 2.11. The average molecular weight is 314 g/mol. The lowest BCUT2D eigenvalue weighted by atomic mass is 9.93. The molecule has 2 rings (SSSR count). The second-order valence-corrected chi connectivity index (χ2v) is 6.02. The quantitative estimate of drug-likeness (QED) is 0.714. The number of esters is 1. The lowest BCUT2D eigenvalue weighted by Gasteiger charge is -2.17. The molecule has 2 aromatic rings. The topological polar surface area (TPSA) is 44.1 Å². The Bertz CT molecular complexity index is 661. The van der Waals surface area contributed by atoms with Crippen molar-refractivity contribution in [3.8, 4) is 0 Å². The zero-order valence-electron chi connectivity index (χ0n) is 14.5. The molecule has 1 atom stereocenters. The van der Waals surface area contributed by atoms with Gasteiger partial charge >= 0.3 is 5.97 Å². The van der Waals surface area contributed by atoms with Crippen LogP contribution >= 0.6 is 0 Å². The van der Waals surface area contributed by atoms with E-state index in [2.05, 4.69) is 50.9 Å². The van der Waals surface area contributed by atoms with Crippen LogP contribution in [0.2, 0.25) is 0 Å². The van der Waals surface area contributed by atoms with E-state index in [0.717, 1.165) is 18.7 Å².